The number of benzene rings is 1. The zero-order chi connectivity index (χ0) is 17.8. The fourth-order valence-electron chi connectivity index (χ4n) is 3.03. The van der Waals surface area contributed by atoms with Gasteiger partial charge in [0.2, 0.25) is 0 Å². The molecule has 0 saturated carbocycles. The lowest BCUT2D eigenvalue weighted by Gasteiger charge is -2.28. The molecule has 2 fully saturated rings. The van der Waals surface area contributed by atoms with Crippen LogP contribution >= 0.6 is 0 Å². The molecule has 2 N–H and O–H groups in total. The van der Waals surface area contributed by atoms with E-state index in [2.05, 4.69) is 10.3 Å². The minimum absolute atomic E-state index is 0.0970. The first kappa shape index (κ1) is 17.2. The maximum absolute atomic E-state index is 12.5. The molecule has 0 spiro atoms. The number of nitrogens with zero attached hydrogens (tertiary/aromatic N) is 2. The van der Waals surface area contributed by atoms with Crippen LogP contribution in [0.15, 0.2) is 30.3 Å². The van der Waals surface area contributed by atoms with Crippen molar-refractivity contribution in [3.8, 4) is 0 Å². The van der Waals surface area contributed by atoms with Crippen LogP contribution in [0.5, 0.6) is 0 Å². The minimum atomic E-state index is -1.19. The van der Waals surface area contributed by atoms with E-state index < -0.39 is 24.5 Å². The van der Waals surface area contributed by atoms with Crippen molar-refractivity contribution < 1.29 is 29.2 Å². The van der Waals surface area contributed by atoms with Crippen molar-refractivity contribution in [2.75, 3.05) is 13.2 Å². The summed E-state index contributed by atoms with van der Waals surface area (Å²) in [6, 6.07) is 8.35. The molecule has 9 nitrogen and oxygen atoms in total. The molecule has 3 rings (SSSR count). The quantitative estimate of drug-likeness (QED) is 0.695. The van der Waals surface area contributed by atoms with E-state index in [1.165, 1.54) is 9.96 Å². The molecule has 0 aliphatic carbocycles. The number of hydrogen-bond donors (Lipinski definition) is 2. The number of carbonyl (C=O) groups is 3. The predicted molar refractivity (Wildman–Crippen MR) is 83.7 cm³/mol. The number of rotatable bonds is 7. The Hall–Kier alpha value is -2.65. The molecular weight excluding hydrogens is 330 g/mol. The van der Waals surface area contributed by atoms with Gasteiger partial charge in [-0.05, 0) is 18.4 Å². The molecule has 3 amide bonds. The third-order valence-electron chi connectivity index (χ3n) is 4.21. The Morgan fingerprint density at radius 1 is 1.24 bits per heavy atom. The second-order valence-corrected chi connectivity index (χ2v) is 5.92. The Morgan fingerprint density at radius 2 is 2.00 bits per heavy atom. The lowest BCUT2D eigenvalue weighted by atomic mass is 10.0. The molecular formula is C16H19N3O6. The largest absolute Gasteiger partial charge is 0.479 e. The number of hydroxylamine groups is 3. The van der Waals surface area contributed by atoms with Crippen LogP contribution in [0.2, 0.25) is 0 Å². The summed E-state index contributed by atoms with van der Waals surface area (Å²) >= 11 is 0. The van der Waals surface area contributed by atoms with Gasteiger partial charge in [-0.25, -0.2) is 15.1 Å². The topological polar surface area (TPSA) is 108 Å². The van der Waals surface area contributed by atoms with Crippen LogP contribution in [0.1, 0.15) is 18.4 Å². The molecule has 2 heterocycles. The summed E-state index contributed by atoms with van der Waals surface area (Å²) in [6.45, 7) is 0.0293. The number of carboxylic acid groups (broad SMARTS) is 1. The number of piperidine rings is 1. The predicted octanol–water partition coefficient (Wildman–Crippen LogP) is 0.519. The molecule has 0 radical (unpaired) electrons. The first-order valence-electron chi connectivity index (χ1n) is 7.96. The van der Waals surface area contributed by atoms with Crippen molar-refractivity contribution in [1.82, 2.24) is 15.4 Å². The van der Waals surface area contributed by atoms with Crippen LogP contribution in [0.3, 0.4) is 0 Å². The molecule has 9 heteroatoms. The number of carbonyl (C=O) groups excluding carboxylic acids is 2. The normalized spacial score (nSPS) is 22.2. The highest BCUT2D eigenvalue weighted by molar-refractivity contribution is 5.88. The summed E-state index contributed by atoms with van der Waals surface area (Å²) in [4.78, 5) is 46.7. The molecule has 2 saturated heterocycles. The zero-order valence-electron chi connectivity index (χ0n) is 13.5. The van der Waals surface area contributed by atoms with Gasteiger partial charge in [-0.15, -0.1) is 0 Å². The fraction of sp³-hybridized carbons (Fsp3) is 0.438. The molecule has 2 aliphatic heterocycles. The Labute approximate surface area is 144 Å². The maximum atomic E-state index is 12.5. The van der Waals surface area contributed by atoms with Gasteiger partial charge in [-0.1, -0.05) is 30.3 Å². The maximum Gasteiger partial charge on any atom is 0.345 e. The third-order valence-corrected chi connectivity index (χ3v) is 4.21. The third kappa shape index (κ3) is 3.89. The summed E-state index contributed by atoms with van der Waals surface area (Å²) in [5.74, 6) is -1.72. The summed E-state index contributed by atoms with van der Waals surface area (Å²) < 4.78 is 0. The van der Waals surface area contributed by atoms with Gasteiger partial charge in [-0.2, -0.15) is 5.06 Å². The summed E-state index contributed by atoms with van der Waals surface area (Å²) in [6.07, 6.45) is 1.08. The average molecular weight is 349 g/mol. The molecule has 2 bridgehead atoms. The molecule has 2 atom stereocenters. The van der Waals surface area contributed by atoms with Crippen molar-refractivity contribution in [2.24, 2.45) is 0 Å². The van der Waals surface area contributed by atoms with E-state index in [1.54, 1.807) is 0 Å². The zero-order valence-corrected chi connectivity index (χ0v) is 13.5. The van der Waals surface area contributed by atoms with E-state index in [0.717, 1.165) is 5.56 Å². The monoisotopic (exact) mass is 349 g/mol. The van der Waals surface area contributed by atoms with E-state index in [1.807, 2.05) is 30.3 Å². The van der Waals surface area contributed by atoms with Gasteiger partial charge >= 0.3 is 12.0 Å². The van der Waals surface area contributed by atoms with Crippen LogP contribution < -0.4 is 5.48 Å². The smallest absolute Gasteiger partial charge is 0.345 e. The second kappa shape index (κ2) is 7.49. The molecule has 1 aromatic rings. The number of fused-ring (bicyclic) bond motifs is 2. The Morgan fingerprint density at radius 3 is 2.72 bits per heavy atom. The van der Waals surface area contributed by atoms with Gasteiger partial charge in [0.25, 0.3) is 5.91 Å². The molecule has 2 aliphatic rings. The number of amides is 3. The van der Waals surface area contributed by atoms with Gasteiger partial charge in [-0.3, -0.25) is 14.5 Å². The van der Waals surface area contributed by atoms with Crippen LogP contribution in [0.4, 0.5) is 4.79 Å². The summed E-state index contributed by atoms with van der Waals surface area (Å²) in [5.41, 5.74) is 3.03. The van der Waals surface area contributed by atoms with Gasteiger partial charge in [0.1, 0.15) is 12.6 Å². The summed E-state index contributed by atoms with van der Waals surface area (Å²) in [5, 5.41) is 9.84. The molecule has 0 aromatic heterocycles. The van der Waals surface area contributed by atoms with Crippen molar-refractivity contribution in [2.45, 2.75) is 31.5 Å². The molecule has 1 aromatic carbocycles. The first-order valence-corrected chi connectivity index (χ1v) is 7.96. The van der Waals surface area contributed by atoms with Crippen LogP contribution in [0.25, 0.3) is 0 Å². The second-order valence-electron chi connectivity index (χ2n) is 5.92. The highest BCUT2D eigenvalue weighted by Crippen LogP contribution is 2.30. The van der Waals surface area contributed by atoms with Crippen LogP contribution in [0, 0.1) is 0 Å². The van der Waals surface area contributed by atoms with Crippen LogP contribution in [-0.4, -0.2) is 58.2 Å². The number of aliphatic carboxylic acids is 1. The summed E-state index contributed by atoms with van der Waals surface area (Å²) in [7, 11) is 0. The van der Waals surface area contributed by atoms with E-state index >= 15 is 0 Å². The van der Waals surface area contributed by atoms with Gasteiger partial charge in [0.05, 0.1) is 6.04 Å². The minimum Gasteiger partial charge on any atom is -0.479 e. The van der Waals surface area contributed by atoms with Crippen molar-refractivity contribution >= 4 is 17.9 Å². The lowest BCUT2D eigenvalue weighted by Crippen LogP contribution is -2.50. The highest BCUT2D eigenvalue weighted by Gasteiger charge is 2.48. The van der Waals surface area contributed by atoms with E-state index in [0.29, 0.717) is 19.4 Å². The average Bonchev–Trinajstić information content (AvgIpc) is 2.84. The molecule has 0 unspecified atom stereocenters. The number of urea groups is 1. The number of hydrogen-bond acceptors (Lipinski definition) is 5. The van der Waals surface area contributed by atoms with Crippen molar-refractivity contribution in [3.05, 3.63) is 35.9 Å². The number of carboxylic acids is 1. The first-order chi connectivity index (χ1) is 12.1. The van der Waals surface area contributed by atoms with Gasteiger partial charge in [0.15, 0.2) is 6.61 Å². The van der Waals surface area contributed by atoms with E-state index in [9.17, 15) is 14.4 Å². The van der Waals surface area contributed by atoms with Gasteiger partial charge < -0.3 is 10.0 Å². The Balaban J connectivity index is 1.56. The van der Waals surface area contributed by atoms with Gasteiger partial charge in [0, 0.05) is 6.54 Å². The molecule has 25 heavy (non-hydrogen) atoms. The lowest BCUT2D eigenvalue weighted by molar-refractivity contribution is -0.151. The van der Waals surface area contributed by atoms with Crippen molar-refractivity contribution in [1.29, 1.82) is 0 Å². The van der Waals surface area contributed by atoms with Crippen LogP contribution in [-0.2, 0) is 25.9 Å². The highest BCUT2D eigenvalue weighted by atomic mass is 16.7. The molecule has 134 valence electrons. The SMILES string of the molecule is O=C(O)CONC(=O)[C@@H]1CC[C@@H]2CN1C(=O)N2OCc1ccccc1. The fourth-order valence-corrected chi connectivity index (χ4v) is 3.03. The van der Waals surface area contributed by atoms with E-state index in [-0.39, 0.29) is 18.7 Å². The Bertz CT molecular complexity index is 653. The number of nitrogens with one attached hydrogen (secondary N) is 1. The Kier molecular flexibility index (Phi) is 5.15. The standard InChI is InChI=1S/C16H19N3O6/c20-14(21)10-24-17-15(22)13-7-6-12-8-18(13)16(23)19(12)25-9-11-4-2-1-3-5-11/h1-5,12-13H,6-10H2,(H,17,22)(H,20,21)/t12-,13+/m1/s1. The van der Waals surface area contributed by atoms with E-state index in [4.69, 9.17) is 9.94 Å². The van der Waals surface area contributed by atoms with Crippen molar-refractivity contribution in [3.63, 3.8) is 0 Å².